The molecule has 2 aromatic rings. The van der Waals surface area contributed by atoms with Gasteiger partial charge in [0.2, 0.25) is 0 Å². The van der Waals surface area contributed by atoms with Crippen molar-refractivity contribution in [2.45, 2.75) is 6.92 Å². The maximum Gasteiger partial charge on any atom is 0.271 e. The van der Waals surface area contributed by atoms with E-state index in [1.54, 1.807) is 13.0 Å². The van der Waals surface area contributed by atoms with Gasteiger partial charge in [0.25, 0.3) is 5.69 Å². The molecule has 0 aliphatic rings. The Balaban J connectivity index is 2.60. The van der Waals surface area contributed by atoms with E-state index < -0.39 is 4.92 Å². The Morgan fingerprint density at radius 1 is 1.56 bits per heavy atom. The average molecular weight is 263 g/mol. The van der Waals surface area contributed by atoms with Gasteiger partial charge in [0.05, 0.1) is 16.3 Å². The van der Waals surface area contributed by atoms with Crippen LogP contribution in [0.25, 0.3) is 5.69 Å². The summed E-state index contributed by atoms with van der Waals surface area (Å²) in [5.74, 6) is 0. The van der Waals surface area contributed by atoms with Gasteiger partial charge < -0.3 is 0 Å². The third-order valence-corrected chi connectivity index (χ3v) is 2.75. The van der Waals surface area contributed by atoms with E-state index in [0.29, 0.717) is 11.4 Å². The second-order valence-corrected chi connectivity index (χ2v) is 3.91. The maximum atomic E-state index is 10.7. The highest BCUT2D eigenvalue weighted by Crippen LogP contribution is 2.24. The van der Waals surface area contributed by atoms with Gasteiger partial charge in [-0.2, -0.15) is 10.4 Å². The fraction of sp³-hybridized carbons (Fsp3) is 0.0909. The van der Waals surface area contributed by atoms with E-state index in [-0.39, 0.29) is 16.4 Å². The molecular formula is C11H7ClN4O2. The topological polar surface area (TPSA) is 84.8 Å². The van der Waals surface area contributed by atoms with Crippen molar-refractivity contribution >= 4 is 17.3 Å². The van der Waals surface area contributed by atoms with E-state index in [4.69, 9.17) is 16.9 Å². The van der Waals surface area contributed by atoms with Gasteiger partial charge in [0.15, 0.2) is 5.15 Å². The first-order valence-corrected chi connectivity index (χ1v) is 5.32. The lowest BCUT2D eigenvalue weighted by Crippen LogP contribution is -1.98. The molecule has 0 spiro atoms. The number of nitriles is 1. The SMILES string of the molecule is Cc1nn(-c2cccc([N+](=O)[O-])c2)c(Cl)c1C#N. The number of aromatic nitrogens is 2. The summed E-state index contributed by atoms with van der Waals surface area (Å²) in [5, 5.41) is 23.8. The zero-order chi connectivity index (χ0) is 13.3. The third-order valence-electron chi connectivity index (χ3n) is 2.40. The van der Waals surface area contributed by atoms with Crippen LogP contribution in [-0.4, -0.2) is 14.7 Å². The van der Waals surface area contributed by atoms with Crippen molar-refractivity contribution in [1.82, 2.24) is 9.78 Å². The molecule has 0 aliphatic heterocycles. The van der Waals surface area contributed by atoms with Gasteiger partial charge in [-0.3, -0.25) is 10.1 Å². The van der Waals surface area contributed by atoms with Crippen molar-refractivity contribution in [1.29, 1.82) is 5.26 Å². The molecular weight excluding hydrogens is 256 g/mol. The number of rotatable bonds is 2. The highest BCUT2D eigenvalue weighted by Gasteiger charge is 2.15. The molecule has 0 saturated heterocycles. The van der Waals surface area contributed by atoms with Crippen molar-refractivity contribution in [3.63, 3.8) is 0 Å². The highest BCUT2D eigenvalue weighted by molar-refractivity contribution is 6.31. The Hall–Kier alpha value is -2.39. The molecule has 2 rings (SSSR count). The minimum Gasteiger partial charge on any atom is -0.258 e. The van der Waals surface area contributed by atoms with Crippen LogP contribution in [0.4, 0.5) is 5.69 Å². The largest absolute Gasteiger partial charge is 0.271 e. The average Bonchev–Trinajstić information content (AvgIpc) is 2.64. The van der Waals surface area contributed by atoms with Crippen molar-refractivity contribution in [3.8, 4) is 11.8 Å². The van der Waals surface area contributed by atoms with Crippen LogP contribution in [0.2, 0.25) is 5.15 Å². The predicted molar refractivity (Wildman–Crippen MR) is 64.7 cm³/mol. The molecule has 18 heavy (non-hydrogen) atoms. The molecule has 1 heterocycles. The summed E-state index contributed by atoms with van der Waals surface area (Å²) >= 11 is 6.00. The molecule has 0 saturated carbocycles. The second kappa shape index (κ2) is 4.47. The maximum absolute atomic E-state index is 10.7. The Labute approximate surface area is 107 Å². The van der Waals surface area contributed by atoms with Crippen LogP contribution >= 0.6 is 11.6 Å². The van der Waals surface area contributed by atoms with Crippen LogP contribution < -0.4 is 0 Å². The summed E-state index contributed by atoms with van der Waals surface area (Å²) < 4.78 is 1.31. The zero-order valence-electron chi connectivity index (χ0n) is 9.29. The van der Waals surface area contributed by atoms with Gasteiger partial charge in [-0.25, -0.2) is 4.68 Å². The number of non-ortho nitro benzene ring substituents is 1. The van der Waals surface area contributed by atoms with Crippen LogP contribution in [0, 0.1) is 28.4 Å². The smallest absolute Gasteiger partial charge is 0.258 e. The minimum atomic E-state index is -0.501. The summed E-state index contributed by atoms with van der Waals surface area (Å²) in [6.45, 7) is 1.65. The van der Waals surface area contributed by atoms with Crippen LogP contribution in [-0.2, 0) is 0 Å². The molecule has 0 amide bonds. The molecule has 0 atom stereocenters. The number of hydrogen-bond acceptors (Lipinski definition) is 4. The molecule has 0 fully saturated rings. The summed E-state index contributed by atoms with van der Waals surface area (Å²) in [6.07, 6.45) is 0. The predicted octanol–water partition coefficient (Wildman–Crippen LogP) is 2.61. The number of nitrogens with zero attached hydrogens (tertiary/aromatic N) is 4. The van der Waals surface area contributed by atoms with Crippen molar-refractivity contribution < 1.29 is 4.92 Å². The lowest BCUT2D eigenvalue weighted by atomic mass is 10.3. The van der Waals surface area contributed by atoms with E-state index in [9.17, 15) is 10.1 Å². The second-order valence-electron chi connectivity index (χ2n) is 3.55. The molecule has 0 bridgehead atoms. The van der Waals surface area contributed by atoms with E-state index in [1.807, 2.05) is 6.07 Å². The molecule has 1 aromatic heterocycles. The molecule has 90 valence electrons. The van der Waals surface area contributed by atoms with E-state index in [1.165, 1.54) is 22.9 Å². The van der Waals surface area contributed by atoms with Gasteiger partial charge in [-0.1, -0.05) is 17.7 Å². The first kappa shape index (κ1) is 12.1. The van der Waals surface area contributed by atoms with Crippen LogP contribution in [0.3, 0.4) is 0 Å². The summed E-state index contributed by atoms with van der Waals surface area (Å²) in [5.41, 5.74) is 1.13. The molecule has 0 radical (unpaired) electrons. The van der Waals surface area contributed by atoms with Gasteiger partial charge in [-0.05, 0) is 13.0 Å². The van der Waals surface area contributed by atoms with Gasteiger partial charge in [0, 0.05) is 12.1 Å². The van der Waals surface area contributed by atoms with Gasteiger partial charge in [-0.15, -0.1) is 0 Å². The molecule has 0 unspecified atom stereocenters. The lowest BCUT2D eigenvalue weighted by molar-refractivity contribution is -0.384. The Kier molecular flexibility index (Phi) is 3.00. The third kappa shape index (κ3) is 1.92. The molecule has 1 aromatic carbocycles. The standard InChI is InChI=1S/C11H7ClN4O2/c1-7-10(6-13)11(12)15(14-7)8-3-2-4-9(5-8)16(17)18/h2-5H,1H3. The van der Waals surface area contributed by atoms with Crippen molar-refractivity contribution in [3.05, 3.63) is 50.8 Å². The summed E-state index contributed by atoms with van der Waals surface area (Å²) in [4.78, 5) is 10.2. The number of hydrogen-bond donors (Lipinski definition) is 0. The summed E-state index contributed by atoms with van der Waals surface area (Å²) in [7, 11) is 0. The molecule has 6 nitrogen and oxygen atoms in total. The Morgan fingerprint density at radius 3 is 2.83 bits per heavy atom. The van der Waals surface area contributed by atoms with Crippen molar-refractivity contribution in [2.24, 2.45) is 0 Å². The van der Waals surface area contributed by atoms with Gasteiger partial charge in [0.1, 0.15) is 11.6 Å². The number of halogens is 1. The van der Waals surface area contributed by atoms with E-state index in [2.05, 4.69) is 5.10 Å². The van der Waals surface area contributed by atoms with Crippen LogP contribution in [0.5, 0.6) is 0 Å². The van der Waals surface area contributed by atoms with Crippen molar-refractivity contribution in [2.75, 3.05) is 0 Å². The monoisotopic (exact) mass is 262 g/mol. The molecule has 0 N–H and O–H groups in total. The lowest BCUT2D eigenvalue weighted by Gasteiger charge is -2.02. The van der Waals surface area contributed by atoms with Crippen LogP contribution in [0.15, 0.2) is 24.3 Å². The number of nitro benzene ring substituents is 1. The minimum absolute atomic E-state index is 0.0600. The first-order chi connectivity index (χ1) is 8.54. The normalized spacial score (nSPS) is 10.1. The zero-order valence-corrected chi connectivity index (χ0v) is 10.0. The fourth-order valence-electron chi connectivity index (χ4n) is 1.54. The number of nitro groups is 1. The Morgan fingerprint density at radius 2 is 2.28 bits per heavy atom. The number of aryl methyl sites for hydroxylation is 1. The summed E-state index contributed by atoms with van der Waals surface area (Å²) in [6, 6.07) is 7.83. The Bertz CT molecular complexity index is 672. The number of benzene rings is 1. The van der Waals surface area contributed by atoms with E-state index in [0.717, 1.165) is 0 Å². The van der Waals surface area contributed by atoms with Crippen LogP contribution in [0.1, 0.15) is 11.3 Å². The fourth-order valence-corrected chi connectivity index (χ4v) is 1.85. The highest BCUT2D eigenvalue weighted by atomic mass is 35.5. The quantitative estimate of drug-likeness (QED) is 0.615. The molecule has 7 heteroatoms. The molecule has 0 aliphatic carbocycles. The van der Waals surface area contributed by atoms with Gasteiger partial charge >= 0.3 is 0 Å². The first-order valence-electron chi connectivity index (χ1n) is 4.94. The van der Waals surface area contributed by atoms with E-state index >= 15 is 0 Å².